The van der Waals surface area contributed by atoms with Crippen molar-refractivity contribution < 1.29 is 4.74 Å². The van der Waals surface area contributed by atoms with Gasteiger partial charge in [0.15, 0.2) is 0 Å². The van der Waals surface area contributed by atoms with Gasteiger partial charge in [0.25, 0.3) is 0 Å². The average molecular weight is 303 g/mol. The zero-order chi connectivity index (χ0) is 13.9. The van der Waals surface area contributed by atoms with Gasteiger partial charge in [-0.3, -0.25) is 0 Å². The summed E-state index contributed by atoms with van der Waals surface area (Å²) < 4.78 is 5.71. The normalized spacial score (nSPS) is 15.8. The Morgan fingerprint density at radius 1 is 1.15 bits per heavy atom. The molecule has 0 atom stereocenters. The lowest BCUT2D eigenvalue weighted by Gasteiger charge is -2.20. The minimum Gasteiger partial charge on any atom is -0.493 e. The van der Waals surface area contributed by atoms with Gasteiger partial charge in [0.1, 0.15) is 5.75 Å². The third-order valence-electron chi connectivity index (χ3n) is 3.26. The summed E-state index contributed by atoms with van der Waals surface area (Å²) in [6.45, 7) is 2.86. The first kappa shape index (κ1) is 13.6. The topological polar surface area (TPSA) is 9.23 Å². The molecule has 2 aromatic rings. The maximum Gasteiger partial charge on any atom is 0.126 e. The van der Waals surface area contributed by atoms with E-state index >= 15 is 0 Å². The van der Waals surface area contributed by atoms with Crippen molar-refractivity contribution in [3.63, 3.8) is 0 Å². The minimum atomic E-state index is 0.753. The molecule has 0 spiro atoms. The fraction of sp³-hybridized carbons (Fsp3) is 0.176. The number of hydrogen-bond donors (Lipinski definition) is 0. The molecule has 1 heterocycles. The first-order chi connectivity index (χ1) is 9.72. The third-order valence-corrected chi connectivity index (χ3v) is 4.46. The van der Waals surface area contributed by atoms with E-state index in [4.69, 9.17) is 16.3 Å². The van der Waals surface area contributed by atoms with Gasteiger partial charge < -0.3 is 4.74 Å². The van der Waals surface area contributed by atoms with E-state index < -0.39 is 0 Å². The zero-order valence-electron chi connectivity index (χ0n) is 11.2. The quantitative estimate of drug-likeness (QED) is 0.671. The Bertz CT molecular complexity index is 647. The Morgan fingerprint density at radius 2 is 1.95 bits per heavy atom. The summed E-state index contributed by atoms with van der Waals surface area (Å²) in [5, 5.41) is 3.00. The van der Waals surface area contributed by atoms with Gasteiger partial charge in [-0.1, -0.05) is 35.0 Å². The van der Waals surface area contributed by atoms with Crippen molar-refractivity contribution in [1.82, 2.24) is 0 Å². The Kier molecular flexibility index (Phi) is 4.04. The molecule has 0 radical (unpaired) electrons. The second-order valence-electron chi connectivity index (χ2n) is 4.81. The van der Waals surface area contributed by atoms with Gasteiger partial charge in [0.2, 0.25) is 0 Å². The van der Waals surface area contributed by atoms with Crippen LogP contribution in [0.25, 0.3) is 5.57 Å². The Balaban J connectivity index is 1.86. The molecule has 20 heavy (non-hydrogen) atoms. The molecule has 0 unspecified atom stereocenters. The minimum absolute atomic E-state index is 0.753. The molecule has 0 fully saturated rings. The van der Waals surface area contributed by atoms with Crippen molar-refractivity contribution in [1.29, 1.82) is 0 Å². The first-order valence-corrected chi connectivity index (χ1v) is 7.83. The SMILES string of the molecule is Cc1ccc2c(c1)/C(=C/Sc1ccc(Cl)cc1)CCO2. The molecule has 1 aliphatic rings. The highest BCUT2D eigenvalue weighted by Crippen LogP contribution is 2.36. The van der Waals surface area contributed by atoms with E-state index in [1.807, 2.05) is 24.3 Å². The van der Waals surface area contributed by atoms with E-state index in [9.17, 15) is 0 Å². The standard InChI is InChI=1S/C17H15ClOS/c1-12-2-7-17-16(10-12)13(8-9-19-17)11-20-15-5-3-14(18)4-6-15/h2-7,10-11H,8-9H2,1H3/b13-11+. The summed E-state index contributed by atoms with van der Waals surface area (Å²) in [6.07, 6.45) is 0.955. The molecular formula is C17H15ClOS. The van der Waals surface area contributed by atoms with E-state index in [2.05, 4.69) is 30.5 Å². The first-order valence-electron chi connectivity index (χ1n) is 6.57. The molecule has 2 aromatic carbocycles. The van der Waals surface area contributed by atoms with Gasteiger partial charge in [0, 0.05) is 21.9 Å². The largest absolute Gasteiger partial charge is 0.493 e. The van der Waals surface area contributed by atoms with E-state index in [0.29, 0.717) is 0 Å². The number of hydrogen-bond acceptors (Lipinski definition) is 2. The number of benzene rings is 2. The van der Waals surface area contributed by atoms with Crippen molar-refractivity contribution in [3.8, 4) is 5.75 Å². The average Bonchev–Trinajstić information content (AvgIpc) is 2.47. The summed E-state index contributed by atoms with van der Waals surface area (Å²) in [7, 11) is 0. The molecule has 1 aliphatic heterocycles. The van der Waals surface area contributed by atoms with Crippen LogP contribution in [0.5, 0.6) is 5.75 Å². The van der Waals surface area contributed by atoms with Gasteiger partial charge in [-0.15, -0.1) is 0 Å². The van der Waals surface area contributed by atoms with Crippen molar-refractivity contribution in [2.24, 2.45) is 0 Å². The monoisotopic (exact) mass is 302 g/mol. The zero-order valence-corrected chi connectivity index (χ0v) is 12.8. The fourth-order valence-corrected chi connectivity index (χ4v) is 3.14. The Morgan fingerprint density at radius 3 is 2.75 bits per heavy atom. The van der Waals surface area contributed by atoms with Crippen LogP contribution >= 0.6 is 23.4 Å². The Hall–Kier alpha value is -1.38. The highest BCUT2D eigenvalue weighted by Gasteiger charge is 2.15. The molecule has 0 amide bonds. The fourth-order valence-electron chi connectivity index (χ4n) is 2.20. The number of thioether (sulfide) groups is 1. The van der Waals surface area contributed by atoms with Gasteiger partial charge in [0.05, 0.1) is 6.61 Å². The second-order valence-corrected chi connectivity index (χ2v) is 6.19. The summed E-state index contributed by atoms with van der Waals surface area (Å²) in [5.41, 5.74) is 3.82. The molecule has 102 valence electrons. The molecule has 0 bridgehead atoms. The van der Waals surface area contributed by atoms with Crippen LogP contribution in [0.4, 0.5) is 0 Å². The van der Waals surface area contributed by atoms with Gasteiger partial charge in [-0.2, -0.15) is 0 Å². The number of fused-ring (bicyclic) bond motifs is 1. The molecule has 3 heteroatoms. The molecule has 1 nitrogen and oxygen atoms in total. The van der Waals surface area contributed by atoms with Crippen LogP contribution in [-0.4, -0.2) is 6.61 Å². The van der Waals surface area contributed by atoms with E-state index in [1.54, 1.807) is 11.8 Å². The highest BCUT2D eigenvalue weighted by molar-refractivity contribution is 8.02. The van der Waals surface area contributed by atoms with Crippen molar-refractivity contribution in [2.75, 3.05) is 6.61 Å². The number of rotatable bonds is 2. The molecule has 0 aromatic heterocycles. The molecule has 3 rings (SSSR count). The molecule has 0 aliphatic carbocycles. The summed E-state index contributed by atoms with van der Waals surface area (Å²) in [5.74, 6) is 0.991. The van der Waals surface area contributed by atoms with Crippen LogP contribution in [0.3, 0.4) is 0 Å². The maximum absolute atomic E-state index is 5.90. The lowest BCUT2D eigenvalue weighted by Crippen LogP contribution is -2.07. The van der Waals surface area contributed by atoms with Crippen LogP contribution < -0.4 is 4.74 Å². The molecule has 0 saturated heterocycles. The van der Waals surface area contributed by atoms with Crippen LogP contribution in [0.15, 0.2) is 52.8 Å². The number of ether oxygens (including phenoxy) is 1. The molecule has 0 N–H and O–H groups in total. The molecular weight excluding hydrogens is 288 g/mol. The third kappa shape index (κ3) is 3.02. The van der Waals surface area contributed by atoms with E-state index in [-0.39, 0.29) is 0 Å². The van der Waals surface area contributed by atoms with Gasteiger partial charge in [-0.25, -0.2) is 0 Å². The number of aryl methyl sites for hydroxylation is 1. The Labute approximate surface area is 128 Å². The van der Waals surface area contributed by atoms with E-state index in [1.165, 1.54) is 21.6 Å². The van der Waals surface area contributed by atoms with Crippen LogP contribution in [-0.2, 0) is 0 Å². The second kappa shape index (κ2) is 5.94. The van der Waals surface area contributed by atoms with Gasteiger partial charge >= 0.3 is 0 Å². The van der Waals surface area contributed by atoms with Crippen LogP contribution in [0.1, 0.15) is 17.5 Å². The predicted molar refractivity (Wildman–Crippen MR) is 86.6 cm³/mol. The lowest BCUT2D eigenvalue weighted by molar-refractivity contribution is 0.316. The lowest BCUT2D eigenvalue weighted by atomic mass is 9.99. The summed E-state index contributed by atoms with van der Waals surface area (Å²) in [4.78, 5) is 1.20. The molecule has 0 saturated carbocycles. The van der Waals surface area contributed by atoms with Crippen LogP contribution in [0, 0.1) is 6.92 Å². The van der Waals surface area contributed by atoms with Crippen molar-refractivity contribution in [2.45, 2.75) is 18.2 Å². The summed E-state index contributed by atoms with van der Waals surface area (Å²) >= 11 is 7.63. The maximum atomic E-state index is 5.90. The van der Waals surface area contributed by atoms with Gasteiger partial charge in [-0.05, 0) is 54.3 Å². The van der Waals surface area contributed by atoms with Crippen molar-refractivity contribution >= 4 is 28.9 Å². The number of halogens is 1. The van der Waals surface area contributed by atoms with E-state index in [0.717, 1.165) is 23.8 Å². The smallest absolute Gasteiger partial charge is 0.126 e. The highest BCUT2D eigenvalue weighted by atomic mass is 35.5. The predicted octanol–water partition coefficient (Wildman–Crippen LogP) is 5.56. The van der Waals surface area contributed by atoms with Crippen molar-refractivity contribution in [3.05, 3.63) is 64.0 Å². The summed E-state index contributed by atoms with van der Waals surface area (Å²) in [6, 6.07) is 14.3. The van der Waals surface area contributed by atoms with Crippen LogP contribution in [0.2, 0.25) is 5.02 Å².